The van der Waals surface area contributed by atoms with Crippen molar-refractivity contribution in [3.8, 4) is 0 Å². The number of oxime groups is 1. The summed E-state index contributed by atoms with van der Waals surface area (Å²) in [5.74, 6) is -0.0701. The van der Waals surface area contributed by atoms with E-state index in [1.54, 1.807) is 24.3 Å². The molecule has 1 aromatic carbocycles. The highest BCUT2D eigenvalue weighted by Gasteiger charge is 2.22. The van der Waals surface area contributed by atoms with Crippen molar-refractivity contribution in [3.63, 3.8) is 0 Å². The maximum absolute atomic E-state index is 12.2. The molecule has 6 nitrogen and oxygen atoms in total. The predicted octanol–water partition coefficient (Wildman–Crippen LogP) is 1.20. The Kier molecular flexibility index (Phi) is 4.77. The molecule has 0 spiro atoms. The van der Waals surface area contributed by atoms with E-state index < -0.39 is 10.0 Å². The van der Waals surface area contributed by atoms with Gasteiger partial charge in [0.1, 0.15) is 0 Å². The van der Waals surface area contributed by atoms with Gasteiger partial charge < -0.3 is 10.9 Å². The number of anilines is 1. The Morgan fingerprint density at radius 2 is 2.00 bits per heavy atom. The van der Waals surface area contributed by atoms with Gasteiger partial charge in [0.15, 0.2) is 5.84 Å². The third-order valence-corrected chi connectivity index (χ3v) is 4.71. The zero-order valence-electron chi connectivity index (χ0n) is 11.2. The third kappa shape index (κ3) is 3.60. The fourth-order valence-electron chi connectivity index (χ4n) is 1.70. The SMILES string of the molecule is CC(C)CS(=O)(=O)N(C)c1ccccc1C(N)=NO. The summed E-state index contributed by atoms with van der Waals surface area (Å²) in [7, 11) is -1.98. The van der Waals surface area contributed by atoms with Crippen LogP contribution in [0, 0.1) is 5.92 Å². The molecule has 106 valence electrons. The zero-order chi connectivity index (χ0) is 14.6. The Morgan fingerprint density at radius 1 is 1.42 bits per heavy atom. The number of rotatable bonds is 5. The van der Waals surface area contributed by atoms with Gasteiger partial charge in [0.2, 0.25) is 10.0 Å². The highest BCUT2D eigenvalue weighted by Crippen LogP contribution is 2.22. The standard InChI is InChI=1S/C12H19N3O3S/c1-9(2)8-19(17,18)15(3)11-7-5-4-6-10(11)12(13)14-16/h4-7,9,16H,8H2,1-3H3,(H2,13,14). The summed E-state index contributed by atoms with van der Waals surface area (Å²) in [5.41, 5.74) is 6.32. The van der Waals surface area contributed by atoms with E-state index in [1.807, 2.05) is 13.8 Å². The molecular formula is C12H19N3O3S. The van der Waals surface area contributed by atoms with Crippen LogP contribution in [0.3, 0.4) is 0 Å². The average Bonchev–Trinajstić information content (AvgIpc) is 2.35. The lowest BCUT2D eigenvalue weighted by atomic mass is 10.1. The summed E-state index contributed by atoms with van der Waals surface area (Å²) < 4.78 is 25.5. The number of sulfonamides is 1. The van der Waals surface area contributed by atoms with Crippen molar-refractivity contribution in [2.45, 2.75) is 13.8 Å². The molecule has 0 atom stereocenters. The summed E-state index contributed by atoms with van der Waals surface area (Å²) in [4.78, 5) is 0. The number of hydrogen-bond acceptors (Lipinski definition) is 4. The van der Waals surface area contributed by atoms with E-state index in [2.05, 4.69) is 5.16 Å². The Morgan fingerprint density at radius 3 is 2.53 bits per heavy atom. The van der Waals surface area contributed by atoms with E-state index in [4.69, 9.17) is 10.9 Å². The van der Waals surface area contributed by atoms with Gasteiger partial charge in [0, 0.05) is 12.6 Å². The lowest BCUT2D eigenvalue weighted by molar-refractivity contribution is 0.318. The lowest BCUT2D eigenvalue weighted by Gasteiger charge is -2.22. The van der Waals surface area contributed by atoms with Crippen LogP contribution in [-0.2, 0) is 10.0 Å². The van der Waals surface area contributed by atoms with Crippen LogP contribution in [0.4, 0.5) is 5.69 Å². The molecule has 0 aromatic heterocycles. The Bertz CT molecular complexity index is 567. The quantitative estimate of drug-likeness (QED) is 0.368. The fraction of sp³-hybridized carbons (Fsp3) is 0.417. The Hall–Kier alpha value is -1.76. The molecule has 0 saturated carbocycles. The Balaban J connectivity index is 3.24. The molecular weight excluding hydrogens is 266 g/mol. The molecule has 7 heteroatoms. The van der Waals surface area contributed by atoms with E-state index in [1.165, 1.54) is 11.4 Å². The normalized spacial score (nSPS) is 12.7. The second kappa shape index (κ2) is 5.92. The second-order valence-electron chi connectivity index (χ2n) is 4.64. The summed E-state index contributed by atoms with van der Waals surface area (Å²) in [6.45, 7) is 3.67. The topological polar surface area (TPSA) is 96.0 Å². The largest absolute Gasteiger partial charge is 0.409 e. The van der Waals surface area contributed by atoms with Crippen molar-refractivity contribution in [2.24, 2.45) is 16.8 Å². The smallest absolute Gasteiger partial charge is 0.235 e. The van der Waals surface area contributed by atoms with E-state index in [-0.39, 0.29) is 17.5 Å². The van der Waals surface area contributed by atoms with Gasteiger partial charge in [0.05, 0.1) is 11.4 Å². The second-order valence-corrected chi connectivity index (χ2v) is 6.69. The van der Waals surface area contributed by atoms with E-state index in [0.29, 0.717) is 11.3 Å². The van der Waals surface area contributed by atoms with Gasteiger partial charge in [-0.1, -0.05) is 31.1 Å². The van der Waals surface area contributed by atoms with Gasteiger partial charge in [-0.3, -0.25) is 4.31 Å². The molecule has 0 saturated heterocycles. The van der Waals surface area contributed by atoms with Crippen molar-refractivity contribution >= 4 is 21.5 Å². The van der Waals surface area contributed by atoms with E-state index in [0.717, 1.165) is 0 Å². The molecule has 0 fully saturated rings. The predicted molar refractivity (Wildman–Crippen MR) is 76.0 cm³/mol. The first-order chi connectivity index (χ1) is 8.79. The monoisotopic (exact) mass is 285 g/mol. The molecule has 3 N–H and O–H groups in total. The fourth-order valence-corrected chi connectivity index (χ4v) is 3.23. The van der Waals surface area contributed by atoms with Crippen LogP contribution in [0.25, 0.3) is 0 Å². The van der Waals surface area contributed by atoms with Crippen LogP contribution < -0.4 is 10.0 Å². The van der Waals surface area contributed by atoms with Crippen LogP contribution >= 0.6 is 0 Å². The van der Waals surface area contributed by atoms with Crippen LogP contribution in [0.15, 0.2) is 29.4 Å². The Labute approximate surface area is 113 Å². The highest BCUT2D eigenvalue weighted by atomic mass is 32.2. The number of nitrogens with two attached hydrogens (primary N) is 1. The number of benzene rings is 1. The maximum Gasteiger partial charge on any atom is 0.235 e. The van der Waals surface area contributed by atoms with Gasteiger partial charge in [-0.15, -0.1) is 0 Å². The van der Waals surface area contributed by atoms with Crippen molar-refractivity contribution in [3.05, 3.63) is 29.8 Å². The molecule has 0 heterocycles. The van der Waals surface area contributed by atoms with Crippen molar-refractivity contribution in [2.75, 3.05) is 17.1 Å². The van der Waals surface area contributed by atoms with Gasteiger partial charge in [0.25, 0.3) is 0 Å². The van der Waals surface area contributed by atoms with Gasteiger partial charge >= 0.3 is 0 Å². The number of hydrogen-bond donors (Lipinski definition) is 2. The average molecular weight is 285 g/mol. The molecule has 0 unspecified atom stereocenters. The van der Waals surface area contributed by atoms with Gasteiger partial charge in [-0.05, 0) is 18.1 Å². The minimum atomic E-state index is -3.44. The lowest BCUT2D eigenvalue weighted by Crippen LogP contribution is -2.32. The molecule has 0 aliphatic carbocycles. The maximum atomic E-state index is 12.2. The van der Waals surface area contributed by atoms with Crippen molar-refractivity contribution in [1.29, 1.82) is 0 Å². The third-order valence-electron chi connectivity index (χ3n) is 2.59. The summed E-state index contributed by atoms with van der Waals surface area (Å²) in [6, 6.07) is 6.61. The molecule has 0 amide bonds. The van der Waals surface area contributed by atoms with Crippen LogP contribution in [0.5, 0.6) is 0 Å². The first-order valence-corrected chi connectivity index (χ1v) is 7.44. The minimum absolute atomic E-state index is 0.0171. The number of amidine groups is 1. The summed E-state index contributed by atoms with van der Waals surface area (Å²) in [6.07, 6.45) is 0. The molecule has 0 aliphatic heterocycles. The van der Waals surface area contributed by atoms with Crippen LogP contribution in [-0.4, -0.2) is 32.3 Å². The molecule has 1 rings (SSSR count). The molecule has 0 aliphatic rings. The first-order valence-electron chi connectivity index (χ1n) is 5.83. The van der Waals surface area contributed by atoms with Gasteiger partial charge in [-0.2, -0.15) is 0 Å². The van der Waals surface area contributed by atoms with Crippen LogP contribution in [0.1, 0.15) is 19.4 Å². The summed E-state index contributed by atoms with van der Waals surface area (Å²) in [5, 5.41) is 11.7. The summed E-state index contributed by atoms with van der Waals surface area (Å²) >= 11 is 0. The minimum Gasteiger partial charge on any atom is -0.409 e. The highest BCUT2D eigenvalue weighted by molar-refractivity contribution is 7.92. The molecule has 0 radical (unpaired) electrons. The van der Waals surface area contributed by atoms with Crippen molar-refractivity contribution < 1.29 is 13.6 Å². The number of nitrogens with zero attached hydrogens (tertiary/aromatic N) is 2. The molecule has 1 aromatic rings. The number of para-hydroxylation sites is 1. The van der Waals surface area contributed by atoms with Crippen LogP contribution in [0.2, 0.25) is 0 Å². The first kappa shape index (κ1) is 15.3. The zero-order valence-corrected chi connectivity index (χ0v) is 12.1. The molecule has 19 heavy (non-hydrogen) atoms. The van der Waals surface area contributed by atoms with Gasteiger partial charge in [-0.25, -0.2) is 8.42 Å². The molecule has 0 bridgehead atoms. The van der Waals surface area contributed by atoms with Crippen molar-refractivity contribution in [1.82, 2.24) is 0 Å². The van der Waals surface area contributed by atoms with E-state index >= 15 is 0 Å². The van der Waals surface area contributed by atoms with E-state index in [9.17, 15) is 8.42 Å².